The third kappa shape index (κ3) is 3.34. The molecule has 3 aromatic rings. The summed E-state index contributed by atoms with van der Waals surface area (Å²) >= 11 is 0. The van der Waals surface area contributed by atoms with Gasteiger partial charge in [-0.2, -0.15) is 5.10 Å². The van der Waals surface area contributed by atoms with Gasteiger partial charge < -0.3 is 10.1 Å². The number of aromatic nitrogens is 4. The molecule has 7 heteroatoms. The van der Waals surface area contributed by atoms with Crippen LogP contribution in [0, 0.1) is 6.92 Å². The average Bonchev–Trinajstić information content (AvgIpc) is 2.97. The van der Waals surface area contributed by atoms with Crippen molar-refractivity contribution in [3.05, 3.63) is 48.5 Å². The zero-order valence-electron chi connectivity index (χ0n) is 12.6. The van der Waals surface area contributed by atoms with Crippen molar-refractivity contribution in [1.29, 1.82) is 0 Å². The van der Waals surface area contributed by atoms with E-state index in [2.05, 4.69) is 20.4 Å². The third-order valence-corrected chi connectivity index (χ3v) is 3.18. The lowest BCUT2D eigenvalue weighted by Gasteiger charge is -2.09. The quantitative estimate of drug-likeness (QED) is 0.732. The van der Waals surface area contributed by atoms with Gasteiger partial charge in [0.15, 0.2) is 0 Å². The molecule has 0 aliphatic carbocycles. The molecule has 7 nitrogen and oxygen atoms in total. The number of carbonyl (C=O) groups excluding carboxylic acids is 1. The maximum Gasteiger partial charge on any atom is 0.315 e. The number of hydrogen-bond donors (Lipinski definition) is 1. The zero-order valence-corrected chi connectivity index (χ0v) is 12.6. The Morgan fingerprint density at radius 2 is 2.17 bits per heavy atom. The van der Waals surface area contributed by atoms with E-state index < -0.39 is 0 Å². The molecule has 0 spiro atoms. The first-order chi connectivity index (χ1) is 11.2. The monoisotopic (exact) mass is 308 g/mol. The topological polar surface area (TPSA) is 81.9 Å². The molecule has 1 amide bonds. The van der Waals surface area contributed by atoms with Crippen LogP contribution in [0.25, 0.3) is 11.3 Å². The van der Waals surface area contributed by atoms with Gasteiger partial charge in [-0.05, 0) is 25.1 Å². The minimum Gasteiger partial charge on any atom is -0.455 e. The molecular formula is C16H14N5O2. The van der Waals surface area contributed by atoms with E-state index in [1.807, 2.05) is 19.3 Å². The van der Waals surface area contributed by atoms with Crippen molar-refractivity contribution in [1.82, 2.24) is 19.7 Å². The fourth-order valence-electron chi connectivity index (χ4n) is 2.09. The number of anilines is 1. The van der Waals surface area contributed by atoms with E-state index in [4.69, 9.17) is 4.74 Å². The molecule has 115 valence electrons. The van der Waals surface area contributed by atoms with Crippen molar-refractivity contribution < 1.29 is 9.53 Å². The molecule has 0 bridgehead atoms. The first-order valence-corrected chi connectivity index (χ1v) is 6.89. The number of nitrogens with zero attached hydrogens (tertiary/aromatic N) is 4. The summed E-state index contributed by atoms with van der Waals surface area (Å²) in [4.78, 5) is 18.9. The second-order valence-corrected chi connectivity index (χ2v) is 4.89. The second-order valence-electron chi connectivity index (χ2n) is 4.89. The lowest BCUT2D eigenvalue weighted by atomic mass is 10.2. The van der Waals surface area contributed by atoms with E-state index in [9.17, 15) is 4.79 Å². The van der Waals surface area contributed by atoms with Crippen LogP contribution < -0.4 is 10.1 Å². The molecule has 3 rings (SSSR count). The summed E-state index contributed by atoms with van der Waals surface area (Å²) in [5, 5.41) is 6.52. The van der Waals surface area contributed by atoms with Crippen molar-refractivity contribution in [3.8, 4) is 22.8 Å². The second kappa shape index (κ2) is 6.27. The lowest BCUT2D eigenvalue weighted by Crippen LogP contribution is -1.99. The summed E-state index contributed by atoms with van der Waals surface area (Å²) in [6.07, 6.45) is 6.90. The molecule has 0 saturated heterocycles. The third-order valence-electron chi connectivity index (χ3n) is 3.18. The van der Waals surface area contributed by atoms with Gasteiger partial charge in [0, 0.05) is 31.1 Å². The smallest absolute Gasteiger partial charge is 0.315 e. The van der Waals surface area contributed by atoms with Crippen LogP contribution in [-0.4, -0.2) is 26.2 Å². The first kappa shape index (κ1) is 14.7. The fraction of sp³-hybridized carbons (Fsp3) is 0.125. The molecular weight excluding hydrogens is 294 g/mol. The number of rotatable bonds is 5. The van der Waals surface area contributed by atoms with Crippen molar-refractivity contribution in [2.45, 2.75) is 6.92 Å². The van der Waals surface area contributed by atoms with Crippen LogP contribution in [0.1, 0.15) is 5.69 Å². The molecule has 0 unspecified atom stereocenters. The molecule has 3 heterocycles. The normalized spacial score (nSPS) is 10.3. The molecule has 3 aromatic heterocycles. The van der Waals surface area contributed by atoms with E-state index in [-0.39, 0.29) is 0 Å². The van der Waals surface area contributed by atoms with Crippen LogP contribution >= 0.6 is 0 Å². The number of hydrogen-bond acceptors (Lipinski definition) is 5. The number of amides is 1. The molecule has 0 fully saturated rings. The van der Waals surface area contributed by atoms with Crippen LogP contribution in [0.2, 0.25) is 0 Å². The van der Waals surface area contributed by atoms with Crippen LogP contribution in [0.3, 0.4) is 0 Å². The maximum absolute atomic E-state index is 10.3. The SMILES string of the molecule is Cc1nc(N[C]=O)ccc1Oc1ccnc(-c2cnn(C)c2)c1. The highest BCUT2D eigenvalue weighted by molar-refractivity contribution is 5.69. The van der Waals surface area contributed by atoms with Gasteiger partial charge in [0.1, 0.15) is 17.3 Å². The summed E-state index contributed by atoms with van der Waals surface area (Å²) < 4.78 is 7.57. The van der Waals surface area contributed by atoms with E-state index in [0.29, 0.717) is 23.0 Å². The van der Waals surface area contributed by atoms with Gasteiger partial charge in [0.05, 0.1) is 17.6 Å². The number of ether oxygens (including phenoxy) is 1. The van der Waals surface area contributed by atoms with Crippen LogP contribution in [-0.2, 0) is 11.8 Å². The molecule has 0 saturated carbocycles. The Labute approximate surface area is 133 Å². The fourth-order valence-corrected chi connectivity index (χ4v) is 2.09. The number of pyridine rings is 2. The van der Waals surface area contributed by atoms with E-state index in [1.165, 1.54) is 0 Å². The van der Waals surface area contributed by atoms with Crippen LogP contribution in [0.5, 0.6) is 11.5 Å². The van der Waals surface area contributed by atoms with Crippen LogP contribution in [0.4, 0.5) is 5.82 Å². The van der Waals surface area contributed by atoms with Crippen LogP contribution in [0.15, 0.2) is 42.9 Å². The minimum absolute atomic E-state index is 0.427. The summed E-state index contributed by atoms with van der Waals surface area (Å²) in [5.41, 5.74) is 2.34. The van der Waals surface area contributed by atoms with Gasteiger partial charge in [-0.1, -0.05) is 0 Å². The predicted octanol–water partition coefficient (Wildman–Crippen LogP) is 2.46. The van der Waals surface area contributed by atoms with Gasteiger partial charge in [0.2, 0.25) is 0 Å². The zero-order chi connectivity index (χ0) is 16.2. The minimum atomic E-state index is 0.427. The van der Waals surface area contributed by atoms with E-state index in [0.717, 1.165) is 11.3 Å². The molecule has 23 heavy (non-hydrogen) atoms. The Kier molecular flexibility index (Phi) is 4.01. The highest BCUT2D eigenvalue weighted by Gasteiger charge is 2.07. The standard InChI is InChI=1S/C16H14N5O2/c1-11-15(3-4-16(20-11)18-10-22)23-13-5-6-17-14(7-13)12-8-19-21(2)9-12/h3-9H,1-2H3,(H,18,20,22). The highest BCUT2D eigenvalue weighted by atomic mass is 16.5. The lowest BCUT2D eigenvalue weighted by molar-refractivity contribution is 0.475. The summed E-state index contributed by atoms with van der Waals surface area (Å²) in [7, 11) is 1.85. The molecule has 0 aromatic carbocycles. The van der Waals surface area contributed by atoms with Gasteiger partial charge in [0.25, 0.3) is 0 Å². The largest absolute Gasteiger partial charge is 0.455 e. The van der Waals surface area contributed by atoms with Gasteiger partial charge >= 0.3 is 6.41 Å². The van der Waals surface area contributed by atoms with Gasteiger partial charge in [-0.15, -0.1) is 0 Å². The summed E-state index contributed by atoms with van der Waals surface area (Å²) in [6, 6.07) is 7.00. The Bertz CT molecular complexity index is 844. The average molecular weight is 308 g/mol. The Morgan fingerprint density at radius 1 is 1.30 bits per heavy atom. The molecule has 0 atom stereocenters. The Balaban J connectivity index is 1.84. The van der Waals surface area contributed by atoms with Gasteiger partial charge in [-0.25, -0.2) is 4.98 Å². The number of nitrogens with one attached hydrogen (secondary N) is 1. The molecule has 0 aliphatic rings. The summed E-state index contributed by atoms with van der Waals surface area (Å²) in [5.74, 6) is 1.67. The van der Waals surface area contributed by atoms with Crippen molar-refractivity contribution in [2.75, 3.05) is 5.32 Å². The molecule has 1 radical (unpaired) electrons. The predicted molar refractivity (Wildman–Crippen MR) is 84.8 cm³/mol. The Hall–Kier alpha value is -3.22. The van der Waals surface area contributed by atoms with E-state index >= 15 is 0 Å². The van der Waals surface area contributed by atoms with E-state index in [1.54, 1.807) is 48.6 Å². The highest BCUT2D eigenvalue weighted by Crippen LogP contribution is 2.27. The Morgan fingerprint density at radius 3 is 2.87 bits per heavy atom. The maximum atomic E-state index is 10.3. The first-order valence-electron chi connectivity index (χ1n) is 6.89. The molecule has 1 N–H and O–H groups in total. The summed E-state index contributed by atoms with van der Waals surface area (Å²) in [6.45, 7) is 1.80. The molecule has 0 aliphatic heterocycles. The van der Waals surface area contributed by atoms with Crippen molar-refractivity contribution in [2.24, 2.45) is 7.05 Å². The van der Waals surface area contributed by atoms with Gasteiger partial charge in [-0.3, -0.25) is 14.5 Å². The number of aryl methyl sites for hydroxylation is 2. The van der Waals surface area contributed by atoms with Crippen molar-refractivity contribution >= 4 is 12.2 Å². The van der Waals surface area contributed by atoms with Crippen molar-refractivity contribution in [3.63, 3.8) is 0 Å².